The van der Waals surface area contributed by atoms with Gasteiger partial charge in [0.1, 0.15) is 0 Å². The molecular weight excluding hydrogens is 93.9 g/mol. The SMILES string of the molecule is P.o1o[pH]1. The molecule has 1 unspecified atom stereocenters. The first kappa shape index (κ1) is 4.33. The van der Waals surface area contributed by atoms with Crippen molar-refractivity contribution in [3.8, 4) is 0 Å². The van der Waals surface area contributed by atoms with Crippen LogP contribution in [-0.2, 0) is 0 Å². The Balaban J connectivity index is 0.0000000900. The Labute approximate surface area is 28.4 Å². The highest BCUT2D eigenvalue weighted by atomic mass is 31.1. The van der Waals surface area contributed by atoms with E-state index in [1.165, 1.54) is 0 Å². The van der Waals surface area contributed by atoms with Gasteiger partial charge in [0.15, 0.2) is 0 Å². The lowest BCUT2D eigenvalue weighted by molar-refractivity contribution is 0.264. The first-order chi connectivity index (χ1) is 1.50. The van der Waals surface area contributed by atoms with Gasteiger partial charge in [0.25, 0.3) is 0 Å². The standard InChI is InChI=1S/HO2P.H3P/c1-2-3-1;/h3H;1H3. The van der Waals surface area contributed by atoms with Crippen molar-refractivity contribution in [2.75, 3.05) is 0 Å². The van der Waals surface area contributed by atoms with Gasteiger partial charge in [-0.05, 0) is 0 Å². The zero-order chi connectivity index (χ0) is 2.12. The second-order valence-electron chi connectivity index (χ2n) is 0.250. The van der Waals surface area contributed by atoms with Crippen LogP contribution in [-0.4, -0.2) is 0 Å². The summed E-state index contributed by atoms with van der Waals surface area (Å²) in [7, 11) is 0.333. The highest BCUT2D eigenvalue weighted by Gasteiger charge is 1.60. The normalized spacial score (nSPS) is 6.00. The van der Waals surface area contributed by atoms with Crippen LogP contribution in [0.1, 0.15) is 0 Å². The molecule has 0 aromatic carbocycles. The van der Waals surface area contributed by atoms with Crippen molar-refractivity contribution in [1.29, 1.82) is 0 Å². The van der Waals surface area contributed by atoms with E-state index < -0.39 is 0 Å². The van der Waals surface area contributed by atoms with Crippen LogP contribution in [0.4, 0.5) is 0 Å². The van der Waals surface area contributed by atoms with Crippen molar-refractivity contribution in [3.05, 3.63) is 0 Å². The van der Waals surface area contributed by atoms with Gasteiger partial charge in [0, 0.05) is 0 Å². The summed E-state index contributed by atoms with van der Waals surface area (Å²) in [6.45, 7) is 0. The smallest absolute Gasteiger partial charge is 0.241 e. The van der Waals surface area contributed by atoms with Crippen LogP contribution < -0.4 is 0 Å². The lowest BCUT2D eigenvalue weighted by Gasteiger charge is -1.06. The minimum absolute atomic E-state index is 0. The molecule has 1 atom stereocenters. The molecule has 1 rings (SSSR count). The Morgan fingerprint density at radius 2 is 1.50 bits per heavy atom. The second kappa shape index (κ2) is 1.63. The summed E-state index contributed by atoms with van der Waals surface area (Å²) in [4.78, 5) is 0. The van der Waals surface area contributed by atoms with E-state index in [-0.39, 0.29) is 9.90 Å². The monoisotopic (exact) mass is 98.0 g/mol. The molecule has 0 aliphatic rings. The quantitative estimate of drug-likeness (QED) is 0.357. The third-order valence-electron chi connectivity index (χ3n) is 0.0833. The van der Waals surface area contributed by atoms with Crippen molar-refractivity contribution in [2.45, 2.75) is 0 Å². The molecule has 2 nitrogen and oxygen atoms in total. The Morgan fingerprint density at radius 1 is 1.25 bits per heavy atom. The zero-order valence-corrected chi connectivity index (χ0v) is 4.44. The van der Waals surface area contributed by atoms with Crippen LogP contribution in [0.25, 0.3) is 0 Å². The number of rotatable bonds is 0. The molecule has 0 saturated heterocycles. The number of hydrogen-bond donors (Lipinski definition) is 0. The number of hydrogen-bond acceptors (Lipinski definition) is 2. The topological polar surface area (TPSA) is 26.3 Å². The molecule has 0 saturated carbocycles. The Kier molecular flexibility index (Phi) is 1.76. The van der Waals surface area contributed by atoms with E-state index in [0.29, 0.717) is 8.67 Å². The molecule has 0 aliphatic heterocycles. The Morgan fingerprint density at radius 3 is 1.50 bits per heavy atom. The van der Waals surface area contributed by atoms with Crippen LogP contribution >= 0.6 is 18.6 Å². The molecule has 0 aliphatic carbocycles. The largest absolute Gasteiger partial charge is 0.303 e. The Hall–Kier alpha value is 0.330. The van der Waals surface area contributed by atoms with Crippen LogP contribution in [0.3, 0.4) is 0 Å². The first-order valence-corrected chi connectivity index (χ1v) is 1.39. The van der Waals surface area contributed by atoms with Gasteiger partial charge in [-0.3, -0.25) is 0 Å². The Bertz CT molecular complexity index is 32.1. The lowest BCUT2D eigenvalue weighted by atomic mass is 15.2. The summed E-state index contributed by atoms with van der Waals surface area (Å²) in [6, 6.07) is 0. The molecule has 0 bridgehead atoms. The summed E-state index contributed by atoms with van der Waals surface area (Å²) in [6.07, 6.45) is 0. The van der Waals surface area contributed by atoms with E-state index in [9.17, 15) is 0 Å². The summed E-state index contributed by atoms with van der Waals surface area (Å²) in [5.74, 6) is 0. The van der Waals surface area contributed by atoms with Gasteiger partial charge in [0.05, 0.1) is 0 Å². The van der Waals surface area contributed by atoms with E-state index in [0.717, 1.165) is 0 Å². The van der Waals surface area contributed by atoms with Gasteiger partial charge in [-0.1, -0.05) is 0 Å². The van der Waals surface area contributed by atoms with Gasteiger partial charge in [-0.25, -0.2) is 8.71 Å². The van der Waals surface area contributed by atoms with E-state index in [4.69, 9.17) is 0 Å². The van der Waals surface area contributed by atoms with E-state index in [1.807, 2.05) is 0 Å². The van der Waals surface area contributed by atoms with Gasteiger partial charge in [-0.2, -0.15) is 9.90 Å². The average Bonchev–Trinajstić information content (AvgIpc) is 1.46. The minimum atomic E-state index is 0. The maximum Gasteiger partial charge on any atom is 0.303 e. The minimum Gasteiger partial charge on any atom is -0.241 e. The van der Waals surface area contributed by atoms with Crippen molar-refractivity contribution < 1.29 is 8.71 Å². The highest BCUT2D eigenvalue weighted by molar-refractivity contribution is 7.17. The molecule has 1 heterocycles. The van der Waals surface area contributed by atoms with Gasteiger partial charge in [-0.15, -0.1) is 0 Å². The van der Waals surface area contributed by atoms with Crippen LogP contribution in [0.5, 0.6) is 0 Å². The van der Waals surface area contributed by atoms with Gasteiger partial charge < -0.3 is 0 Å². The molecule has 26 valence electrons. The third kappa shape index (κ3) is 2.33. The molecule has 4 heavy (non-hydrogen) atoms. The molecule has 0 spiro atoms. The van der Waals surface area contributed by atoms with Crippen LogP contribution in [0, 0.1) is 0 Å². The van der Waals surface area contributed by atoms with Crippen molar-refractivity contribution in [1.82, 2.24) is 0 Å². The van der Waals surface area contributed by atoms with Gasteiger partial charge in [0.2, 0.25) is 0 Å². The van der Waals surface area contributed by atoms with E-state index in [2.05, 4.69) is 8.71 Å². The molecule has 1 aromatic heterocycles. The van der Waals surface area contributed by atoms with Crippen molar-refractivity contribution >= 4 is 18.6 Å². The van der Waals surface area contributed by atoms with E-state index >= 15 is 0 Å². The molecular formula is H4O2P2. The maximum absolute atomic E-state index is 4.03. The van der Waals surface area contributed by atoms with Crippen molar-refractivity contribution in [2.24, 2.45) is 0 Å². The molecule has 0 radical (unpaired) electrons. The van der Waals surface area contributed by atoms with Crippen LogP contribution in [0.15, 0.2) is 8.71 Å². The molecule has 0 amide bonds. The highest BCUT2D eigenvalue weighted by Crippen LogP contribution is 2.07. The molecule has 0 N–H and O–H groups in total. The summed E-state index contributed by atoms with van der Waals surface area (Å²) in [5.41, 5.74) is 0. The predicted octanol–water partition coefficient (Wildman–Crippen LogP) is 0.962. The summed E-state index contributed by atoms with van der Waals surface area (Å²) in [5, 5.41) is 0. The van der Waals surface area contributed by atoms with Crippen LogP contribution in [0.2, 0.25) is 0 Å². The van der Waals surface area contributed by atoms with Gasteiger partial charge >= 0.3 is 8.67 Å². The summed E-state index contributed by atoms with van der Waals surface area (Å²) < 4.78 is 8.06. The van der Waals surface area contributed by atoms with E-state index in [1.54, 1.807) is 0 Å². The molecule has 0 fully saturated rings. The predicted molar refractivity (Wildman–Crippen MR) is 21.6 cm³/mol. The molecule has 1 aromatic rings. The average molecular weight is 98.0 g/mol. The zero-order valence-electron chi connectivity index (χ0n) is 2.02. The summed E-state index contributed by atoms with van der Waals surface area (Å²) >= 11 is 0. The fourth-order valence-corrected chi connectivity index (χ4v) is 0. The van der Waals surface area contributed by atoms with Crippen molar-refractivity contribution in [3.63, 3.8) is 0 Å². The third-order valence-corrected chi connectivity index (χ3v) is 0.250. The fourth-order valence-electron chi connectivity index (χ4n) is 0. The lowest BCUT2D eigenvalue weighted by Crippen LogP contribution is -0.661. The fraction of sp³-hybridized carbons (Fsp3) is 0. The second-order valence-corrected chi connectivity index (χ2v) is 0.750. The maximum atomic E-state index is 4.03. The molecule has 4 heteroatoms. The first-order valence-electron chi connectivity index (χ1n) is 0.575.